The van der Waals surface area contributed by atoms with E-state index in [0.29, 0.717) is 0 Å². The lowest BCUT2D eigenvalue weighted by atomic mass is 9.82. The summed E-state index contributed by atoms with van der Waals surface area (Å²) in [4.78, 5) is 8.85. The first-order chi connectivity index (χ1) is 9.22. The van der Waals surface area contributed by atoms with Crippen molar-refractivity contribution in [3.8, 4) is 0 Å². The molecule has 0 spiro atoms. The highest BCUT2D eigenvalue weighted by Gasteiger charge is 2.19. The van der Waals surface area contributed by atoms with E-state index < -0.39 is 0 Å². The molecule has 4 nitrogen and oxygen atoms in total. The van der Waals surface area contributed by atoms with E-state index in [9.17, 15) is 0 Å². The molecule has 1 aliphatic carbocycles. The highest BCUT2D eigenvalue weighted by atomic mass is 79.9. The second kappa shape index (κ2) is 5.49. The molecule has 1 fully saturated rings. The average Bonchev–Trinajstić information content (AvgIpc) is 2.84. The van der Waals surface area contributed by atoms with E-state index in [1.807, 2.05) is 16.8 Å². The molecule has 102 valence electrons. The molecule has 2 atom stereocenters. The Morgan fingerprint density at radius 2 is 2.37 bits per heavy atom. The molecule has 2 heterocycles. The maximum Gasteiger partial charge on any atom is 0.180 e. The summed E-state index contributed by atoms with van der Waals surface area (Å²) in [7, 11) is 0. The lowest BCUT2D eigenvalue weighted by molar-refractivity contribution is 0.293. The summed E-state index contributed by atoms with van der Waals surface area (Å²) >= 11 is 3.44. The van der Waals surface area contributed by atoms with Crippen LogP contribution >= 0.6 is 15.9 Å². The van der Waals surface area contributed by atoms with Crippen LogP contribution in [-0.4, -0.2) is 20.9 Å². The van der Waals surface area contributed by atoms with E-state index in [-0.39, 0.29) is 0 Å². The molecule has 19 heavy (non-hydrogen) atoms. The number of rotatable bonds is 3. The van der Waals surface area contributed by atoms with Crippen LogP contribution in [0, 0.1) is 11.8 Å². The Labute approximate surface area is 121 Å². The third kappa shape index (κ3) is 2.91. The van der Waals surface area contributed by atoms with Crippen molar-refractivity contribution in [3.05, 3.63) is 23.2 Å². The first-order valence-corrected chi connectivity index (χ1v) is 7.75. The van der Waals surface area contributed by atoms with Gasteiger partial charge in [-0.25, -0.2) is 9.97 Å². The smallest absolute Gasteiger partial charge is 0.180 e. The lowest BCUT2D eigenvalue weighted by Crippen LogP contribution is -2.21. The Balaban J connectivity index is 1.72. The van der Waals surface area contributed by atoms with Gasteiger partial charge in [0.25, 0.3) is 0 Å². The normalized spacial score (nSPS) is 23.7. The molecular formula is C14H19BrN4. The van der Waals surface area contributed by atoms with Gasteiger partial charge in [0.1, 0.15) is 4.60 Å². The van der Waals surface area contributed by atoms with Crippen LogP contribution in [-0.2, 0) is 0 Å². The maximum absolute atomic E-state index is 4.50. The lowest BCUT2D eigenvalue weighted by Gasteiger charge is -2.26. The van der Waals surface area contributed by atoms with Crippen molar-refractivity contribution in [2.45, 2.75) is 32.6 Å². The van der Waals surface area contributed by atoms with Crippen molar-refractivity contribution >= 4 is 27.4 Å². The SMILES string of the molecule is CC1CCCC(CNc2nc(Br)cn3ccnc23)C1. The van der Waals surface area contributed by atoms with Gasteiger partial charge in [-0.3, -0.25) is 0 Å². The fraction of sp³-hybridized carbons (Fsp3) is 0.571. The Morgan fingerprint density at radius 1 is 1.47 bits per heavy atom. The Hall–Kier alpha value is -1.10. The van der Waals surface area contributed by atoms with Crippen LogP contribution in [0.4, 0.5) is 5.82 Å². The molecule has 1 saturated carbocycles. The van der Waals surface area contributed by atoms with Gasteiger partial charge in [0.15, 0.2) is 11.5 Å². The predicted octanol–water partition coefficient (Wildman–Crippen LogP) is 3.73. The van der Waals surface area contributed by atoms with Gasteiger partial charge in [0.2, 0.25) is 0 Å². The molecule has 2 aromatic heterocycles. The standard InChI is InChI=1S/C14H19BrN4/c1-10-3-2-4-11(7-10)8-17-13-14-16-5-6-19(14)9-12(15)18-13/h5-6,9-11H,2-4,7-8H2,1H3,(H,17,18). The molecule has 0 aromatic carbocycles. The first kappa shape index (κ1) is 12.9. The van der Waals surface area contributed by atoms with Gasteiger partial charge in [-0.1, -0.05) is 19.8 Å². The highest BCUT2D eigenvalue weighted by molar-refractivity contribution is 9.10. The molecule has 2 aromatic rings. The zero-order valence-corrected chi connectivity index (χ0v) is 12.7. The van der Waals surface area contributed by atoms with Gasteiger partial charge in [0, 0.05) is 25.1 Å². The van der Waals surface area contributed by atoms with Crippen molar-refractivity contribution in [2.75, 3.05) is 11.9 Å². The fourth-order valence-electron chi connectivity index (χ4n) is 3.01. The van der Waals surface area contributed by atoms with E-state index in [0.717, 1.165) is 34.4 Å². The van der Waals surface area contributed by atoms with Gasteiger partial charge in [-0.05, 0) is 40.6 Å². The topological polar surface area (TPSA) is 42.2 Å². The Morgan fingerprint density at radius 3 is 3.21 bits per heavy atom. The maximum atomic E-state index is 4.50. The zero-order chi connectivity index (χ0) is 13.2. The van der Waals surface area contributed by atoms with Gasteiger partial charge in [0.05, 0.1) is 0 Å². The number of imidazole rings is 1. The van der Waals surface area contributed by atoms with Crippen molar-refractivity contribution in [3.63, 3.8) is 0 Å². The number of hydrogen-bond acceptors (Lipinski definition) is 3. The number of anilines is 1. The minimum Gasteiger partial charge on any atom is -0.367 e. The fourth-order valence-corrected chi connectivity index (χ4v) is 3.40. The minimum absolute atomic E-state index is 0.763. The van der Waals surface area contributed by atoms with Crippen LogP contribution < -0.4 is 5.32 Å². The number of halogens is 1. The molecule has 0 amide bonds. The largest absolute Gasteiger partial charge is 0.367 e. The number of aromatic nitrogens is 3. The number of hydrogen-bond donors (Lipinski definition) is 1. The third-order valence-corrected chi connectivity index (χ3v) is 4.33. The number of nitrogens with one attached hydrogen (secondary N) is 1. The van der Waals surface area contributed by atoms with Crippen LogP contribution in [0.25, 0.3) is 5.65 Å². The summed E-state index contributed by atoms with van der Waals surface area (Å²) < 4.78 is 2.82. The quantitative estimate of drug-likeness (QED) is 0.936. The van der Waals surface area contributed by atoms with Crippen molar-refractivity contribution in [1.29, 1.82) is 0 Å². The summed E-state index contributed by atoms with van der Waals surface area (Å²) in [5.41, 5.74) is 0.895. The molecule has 3 rings (SSSR count). The van der Waals surface area contributed by atoms with Crippen molar-refractivity contribution in [1.82, 2.24) is 14.4 Å². The van der Waals surface area contributed by atoms with E-state index in [1.54, 1.807) is 6.20 Å². The van der Waals surface area contributed by atoms with Gasteiger partial charge >= 0.3 is 0 Å². The molecule has 0 saturated heterocycles. The summed E-state index contributed by atoms with van der Waals surface area (Å²) in [6.45, 7) is 3.35. The molecular weight excluding hydrogens is 304 g/mol. The summed E-state index contributed by atoms with van der Waals surface area (Å²) in [5, 5.41) is 3.48. The van der Waals surface area contributed by atoms with Crippen LogP contribution in [0.3, 0.4) is 0 Å². The van der Waals surface area contributed by atoms with E-state index in [2.05, 4.69) is 38.1 Å². The monoisotopic (exact) mass is 322 g/mol. The predicted molar refractivity (Wildman–Crippen MR) is 80.3 cm³/mol. The Kier molecular flexibility index (Phi) is 3.73. The number of fused-ring (bicyclic) bond motifs is 1. The van der Waals surface area contributed by atoms with Gasteiger partial charge in [-0.15, -0.1) is 0 Å². The zero-order valence-electron chi connectivity index (χ0n) is 11.1. The van der Waals surface area contributed by atoms with E-state index in [4.69, 9.17) is 0 Å². The summed E-state index contributed by atoms with van der Waals surface area (Å²) in [6.07, 6.45) is 11.1. The highest BCUT2D eigenvalue weighted by Crippen LogP contribution is 2.29. The molecule has 1 aliphatic rings. The summed E-state index contributed by atoms with van der Waals surface area (Å²) in [6, 6.07) is 0. The molecule has 0 bridgehead atoms. The minimum atomic E-state index is 0.763. The van der Waals surface area contributed by atoms with E-state index >= 15 is 0 Å². The Bertz CT molecular complexity index is 566. The van der Waals surface area contributed by atoms with Crippen LogP contribution in [0.2, 0.25) is 0 Å². The number of nitrogens with zero attached hydrogens (tertiary/aromatic N) is 3. The molecule has 2 unspecified atom stereocenters. The molecule has 0 aliphatic heterocycles. The second-order valence-corrected chi connectivity index (χ2v) is 6.40. The van der Waals surface area contributed by atoms with E-state index in [1.165, 1.54) is 25.7 Å². The average molecular weight is 323 g/mol. The van der Waals surface area contributed by atoms with Crippen LogP contribution in [0.15, 0.2) is 23.2 Å². The van der Waals surface area contributed by atoms with Crippen molar-refractivity contribution in [2.24, 2.45) is 11.8 Å². The molecule has 1 N–H and O–H groups in total. The third-order valence-electron chi connectivity index (χ3n) is 3.95. The summed E-state index contributed by atoms with van der Waals surface area (Å²) in [5.74, 6) is 2.50. The van der Waals surface area contributed by atoms with Crippen LogP contribution in [0.1, 0.15) is 32.6 Å². The molecule has 5 heteroatoms. The van der Waals surface area contributed by atoms with Crippen molar-refractivity contribution < 1.29 is 0 Å². The molecule has 0 radical (unpaired) electrons. The van der Waals surface area contributed by atoms with Gasteiger partial charge in [-0.2, -0.15) is 0 Å². The van der Waals surface area contributed by atoms with Crippen LogP contribution in [0.5, 0.6) is 0 Å². The second-order valence-electron chi connectivity index (χ2n) is 5.59. The first-order valence-electron chi connectivity index (χ1n) is 6.95. The van der Waals surface area contributed by atoms with Gasteiger partial charge < -0.3 is 9.72 Å².